The topological polar surface area (TPSA) is 100 Å². The molecule has 0 aromatic heterocycles. The van der Waals surface area contributed by atoms with Crippen LogP contribution in [0.1, 0.15) is 34.1 Å². The summed E-state index contributed by atoms with van der Waals surface area (Å²) < 4.78 is 31.1. The second-order valence-electron chi connectivity index (χ2n) is 6.94. The van der Waals surface area contributed by atoms with Crippen molar-refractivity contribution >= 4 is 20.8 Å². The van der Waals surface area contributed by atoms with E-state index in [-0.39, 0.29) is 16.9 Å². The summed E-state index contributed by atoms with van der Waals surface area (Å²) in [7, 11) is -4.24. The number of hydrogen-bond acceptors (Lipinski definition) is 4. The Morgan fingerprint density at radius 1 is 1.36 bits per heavy atom. The molecule has 2 rings (SSSR count). The predicted molar refractivity (Wildman–Crippen MR) is 92.4 cm³/mol. The minimum absolute atomic E-state index is 0.102. The van der Waals surface area contributed by atoms with E-state index in [4.69, 9.17) is 4.74 Å². The Morgan fingerprint density at radius 2 is 1.96 bits per heavy atom. The molecule has 136 valence electrons. The molecular formula is C17H23N3O4S. The van der Waals surface area contributed by atoms with Gasteiger partial charge < -0.3 is 10.3 Å². The SMILES string of the molecule is CC(C)C[C@H]1COC(C)(C)N1C(=O)C(=[N+]=[N-])S(=O)(=O)c1ccccc1. The van der Waals surface area contributed by atoms with E-state index >= 15 is 0 Å². The van der Waals surface area contributed by atoms with Crippen molar-refractivity contribution in [2.75, 3.05) is 6.61 Å². The average Bonchev–Trinajstić information content (AvgIpc) is 2.82. The van der Waals surface area contributed by atoms with Gasteiger partial charge in [0.1, 0.15) is 5.72 Å². The van der Waals surface area contributed by atoms with E-state index in [1.54, 1.807) is 19.9 Å². The number of benzene rings is 1. The molecular weight excluding hydrogens is 342 g/mol. The predicted octanol–water partition coefficient (Wildman–Crippen LogP) is 2.10. The molecule has 0 spiro atoms. The van der Waals surface area contributed by atoms with Crippen LogP contribution in [0.5, 0.6) is 0 Å². The van der Waals surface area contributed by atoms with Crippen molar-refractivity contribution in [2.24, 2.45) is 5.92 Å². The summed E-state index contributed by atoms with van der Waals surface area (Å²) in [5.41, 5.74) is 8.33. The molecule has 1 aliphatic heterocycles. The molecule has 1 fully saturated rings. The Bertz CT molecular complexity index is 796. The molecule has 8 heteroatoms. The van der Waals surface area contributed by atoms with Crippen LogP contribution in [0.2, 0.25) is 0 Å². The Kier molecular flexibility index (Phi) is 5.46. The molecule has 7 nitrogen and oxygen atoms in total. The fourth-order valence-corrected chi connectivity index (χ4v) is 4.21. The maximum Gasteiger partial charge on any atom is 0.473 e. The number of hydrogen-bond donors (Lipinski definition) is 0. The second kappa shape index (κ2) is 7.07. The first-order valence-corrected chi connectivity index (χ1v) is 9.59. The van der Waals surface area contributed by atoms with Gasteiger partial charge in [-0.2, -0.15) is 0 Å². The number of carbonyl (C=O) groups is 1. The molecule has 1 amide bonds. The molecule has 0 aliphatic carbocycles. The first kappa shape index (κ1) is 19.3. The van der Waals surface area contributed by atoms with Crippen LogP contribution < -0.4 is 0 Å². The molecule has 1 atom stereocenters. The number of sulfone groups is 1. The van der Waals surface area contributed by atoms with E-state index in [2.05, 4.69) is 4.79 Å². The third-order valence-electron chi connectivity index (χ3n) is 4.12. The summed E-state index contributed by atoms with van der Waals surface area (Å²) in [6, 6.07) is 7.15. The zero-order chi connectivity index (χ0) is 18.8. The minimum Gasteiger partial charge on any atom is -0.360 e. The summed E-state index contributed by atoms with van der Waals surface area (Å²) in [6.45, 7) is 7.71. The Balaban J connectivity index is 2.44. The van der Waals surface area contributed by atoms with Gasteiger partial charge in [0.25, 0.3) is 9.84 Å². The van der Waals surface area contributed by atoms with E-state index < -0.39 is 26.5 Å². The van der Waals surface area contributed by atoms with Gasteiger partial charge in [-0.15, -0.1) is 4.79 Å². The molecule has 0 radical (unpaired) electrons. The van der Waals surface area contributed by atoms with E-state index in [1.165, 1.54) is 29.2 Å². The summed E-state index contributed by atoms with van der Waals surface area (Å²) in [5, 5.41) is -0.897. The number of ether oxygens (including phenoxy) is 1. The number of rotatable bonds is 3. The third kappa shape index (κ3) is 3.81. The standard InChI is InChI=1S/C17H23N3O4S/c1-12(2)10-13-11-24-17(3,4)20(13)16(21)15(19-18)25(22,23)14-8-6-5-7-9-14/h5-9,12-13H,10-11H2,1-4H3/t13-/m0/s1. The lowest BCUT2D eigenvalue weighted by Gasteiger charge is -2.32. The minimum atomic E-state index is -4.24. The van der Waals surface area contributed by atoms with Crippen molar-refractivity contribution in [1.82, 2.24) is 4.90 Å². The summed E-state index contributed by atoms with van der Waals surface area (Å²) >= 11 is 0. The van der Waals surface area contributed by atoms with Crippen LogP contribution >= 0.6 is 0 Å². The van der Waals surface area contributed by atoms with E-state index in [1.807, 2.05) is 13.8 Å². The van der Waals surface area contributed by atoms with Gasteiger partial charge >= 0.3 is 11.0 Å². The molecule has 0 saturated carbocycles. The van der Waals surface area contributed by atoms with Gasteiger partial charge in [0.15, 0.2) is 0 Å². The molecule has 0 bridgehead atoms. The molecule has 0 unspecified atom stereocenters. The van der Waals surface area contributed by atoms with Crippen LogP contribution in [0.15, 0.2) is 35.2 Å². The van der Waals surface area contributed by atoms with Crippen LogP contribution in [0.3, 0.4) is 0 Å². The van der Waals surface area contributed by atoms with Crippen molar-refractivity contribution < 1.29 is 22.7 Å². The van der Waals surface area contributed by atoms with Crippen molar-refractivity contribution in [3.8, 4) is 0 Å². The largest absolute Gasteiger partial charge is 0.473 e. The number of nitrogens with zero attached hydrogens (tertiary/aromatic N) is 3. The lowest BCUT2D eigenvalue weighted by Crippen LogP contribution is -2.52. The maximum atomic E-state index is 13.0. The highest BCUT2D eigenvalue weighted by molar-refractivity contribution is 8.08. The van der Waals surface area contributed by atoms with Gasteiger partial charge in [0.2, 0.25) is 0 Å². The van der Waals surface area contributed by atoms with Gasteiger partial charge in [-0.1, -0.05) is 32.0 Å². The molecule has 0 N–H and O–H groups in total. The highest BCUT2D eigenvalue weighted by Crippen LogP contribution is 2.31. The number of carbonyl (C=O) groups excluding carboxylic acids is 1. The first-order chi connectivity index (χ1) is 11.6. The zero-order valence-electron chi connectivity index (χ0n) is 14.8. The molecule has 25 heavy (non-hydrogen) atoms. The van der Waals surface area contributed by atoms with Crippen molar-refractivity contribution in [2.45, 2.75) is 50.8 Å². The number of amides is 1. The van der Waals surface area contributed by atoms with Gasteiger partial charge in [-0.05, 0) is 38.3 Å². The van der Waals surface area contributed by atoms with Gasteiger partial charge in [-0.25, -0.2) is 8.42 Å². The zero-order valence-corrected chi connectivity index (χ0v) is 15.7. The van der Waals surface area contributed by atoms with E-state index in [9.17, 15) is 18.7 Å². The highest BCUT2D eigenvalue weighted by atomic mass is 32.2. The first-order valence-electron chi connectivity index (χ1n) is 8.11. The average molecular weight is 365 g/mol. The van der Waals surface area contributed by atoms with Crippen LogP contribution in [0.4, 0.5) is 0 Å². The third-order valence-corrected chi connectivity index (χ3v) is 5.78. The second-order valence-corrected chi connectivity index (χ2v) is 8.80. The lowest BCUT2D eigenvalue weighted by atomic mass is 10.0. The Morgan fingerprint density at radius 3 is 2.48 bits per heavy atom. The van der Waals surface area contributed by atoms with E-state index in [0.717, 1.165) is 0 Å². The molecule has 1 aromatic rings. The molecule has 1 saturated heterocycles. The highest BCUT2D eigenvalue weighted by Gasteiger charge is 2.51. The summed E-state index contributed by atoms with van der Waals surface area (Å²) in [4.78, 5) is 17.1. The van der Waals surface area contributed by atoms with Crippen molar-refractivity contribution in [3.05, 3.63) is 35.9 Å². The van der Waals surface area contributed by atoms with Crippen LogP contribution in [0, 0.1) is 5.92 Å². The van der Waals surface area contributed by atoms with Gasteiger partial charge in [0, 0.05) is 0 Å². The Hall–Kier alpha value is -2.02. The van der Waals surface area contributed by atoms with E-state index in [0.29, 0.717) is 13.0 Å². The Labute approximate surface area is 148 Å². The van der Waals surface area contributed by atoms with Crippen LogP contribution in [-0.2, 0) is 19.4 Å². The maximum absolute atomic E-state index is 13.0. The lowest BCUT2D eigenvalue weighted by molar-refractivity contribution is -0.142. The van der Waals surface area contributed by atoms with Crippen LogP contribution in [0.25, 0.3) is 5.53 Å². The van der Waals surface area contributed by atoms with Crippen molar-refractivity contribution in [3.63, 3.8) is 0 Å². The van der Waals surface area contributed by atoms with Crippen molar-refractivity contribution in [1.29, 1.82) is 0 Å². The summed E-state index contributed by atoms with van der Waals surface area (Å²) in [6.07, 6.45) is 0.652. The fraction of sp³-hybridized carbons (Fsp3) is 0.529. The molecule has 1 aliphatic rings. The van der Waals surface area contributed by atoms with Gasteiger partial charge in [-0.3, -0.25) is 9.69 Å². The fourth-order valence-electron chi connectivity index (χ4n) is 3.04. The monoisotopic (exact) mass is 365 g/mol. The normalized spacial score (nSPS) is 19.7. The molecule has 1 aromatic carbocycles. The van der Waals surface area contributed by atoms with Gasteiger partial charge in [0.05, 0.1) is 17.5 Å². The smallest absolute Gasteiger partial charge is 0.360 e. The quantitative estimate of drug-likeness (QED) is 0.354. The summed E-state index contributed by atoms with van der Waals surface area (Å²) in [5.74, 6) is -0.572. The molecule has 1 heterocycles. The van der Waals surface area contributed by atoms with Crippen LogP contribution in [-0.4, -0.2) is 47.4 Å².